The van der Waals surface area contributed by atoms with Crippen LogP contribution in [0.5, 0.6) is 0 Å². The number of rotatable bonds is 6. The van der Waals surface area contributed by atoms with Crippen LogP contribution in [-0.4, -0.2) is 22.8 Å². The molecule has 1 saturated carbocycles. The molecule has 4 N–H and O–H groups in total. The Bertz CT molecular complexity index is 803. The average molecular weight is 348 g/mol. The molecule has 1 aromatic carbocycles. The number of aromatic nitrogens is 2. The first-order valence-electron chi connectivity index (χ1n) is 9.11. The Balaban J connectivity index is 1.46. The Morgan fingerprint density at radius 2 is 1.96 bits per heavy atom. The van der Waals surface area contributed by atoms with Crippen molar-refractivity contribution in [3.8, 4) is 12.1 Å². The van der Waals surface area contributed by atoms with Gasteiger partial charge in [-0.25, -0.2) is 0 Å². The zero-order valence-corrected chi connectivity index (χ0v) is 14.8. The van der Waals surface area contributed by atoms with Crippen LogP contribution in [0.4, 0.5) is 5.82 Å². The predicted molar refractivity (Wildman–Crippen MR) is 100 cm³/mol. The molecule has 6 heteroatoms. The lowest BCUT2D eigenvalue weighted by molar-refractivity contribution is 0.295. The first kappa shape index (κ1) is 18.0. The van der Waals surface area contributed by atoms with E-state index in [9.17, 15) is 5.26 Å². The van der Waals surface area contributed by atoms with Crippen LogP contribution in [0.25, 0.3) is 0 Å². The Morgan fingerprint density at radius 3 is 2.62 bits per heavy atom. The van der Waals surface area contributed by atoms with Gasteiger partial charge in [-0.15, -0.1) is 0 Å². The van der Waals surface area contributed by atoms with Crippen LogP contribution in [0.3, 0.4) is 0 Å². The van der Waals surface area contributed by atoms with Gasteiger partial charge >= 0.3 is 0 Å². The van der Waals surface area contributed by atoms with Gasteiger partial charge in [0.15, 0.2) is 5.82 Å². The third kappa shape index (κ3) is 3.71. The second-order valence-corrected chi connectivity index (χ2v) is 6.97. The summed E-state index contributed by atoms with van der Waals surface area (Å²) in [6, 6.07) is 15.3. The molecule has 1 aliphatic rings. The molecule has 134 valence electrons. The van der Waals surface area contributed by atoms with E-state index in [1.54, 1.807) is 0 Å². The highest BCUT2D eigenvalue weighted by Crippen LogP contribution is 2.38. The van der Waals surface area contributed by atoms with Crippen molar-refractivity contribution in [1.82, 2.24) is 15.5 Å². The van der Waals surface area contributed by atoms with Crippen molar-refractivity contribution >= 4 is 5.82 Å². The standard InChI is InChI=1S/C20H24N6/c21-13-17-18(25-26-19(17)23)7-4-12-24-16-8-10-20(14-22,11-9-16)15-5-2-1-3-6-15/h1-3,5-6,16,24H,4,7-12H2,(H3,23,25,26). The minimum Gasteiger partial charge on any atom is -0.381 e. The summed E-state index contributed by atoms with van der Waals surface area (Å²) >= 11 is 0. The summed E-state index contributed by atoms with van der Waals surface area (Å²) in [5.41, 5.74) is 7.73. The van der Waals surface area contributed by atoms with Gasteiger partial charge in [0.05, 0.1) is 17.2 Å². The predicted octanol–water partition coefficient (Wildman–Crippen LogP) is 2.79. The van der Waals surface area contributed by atoms with Crippen LogP contribution in [0.15, 0.2) is 30.3 Å². The fraction of sp³-hybridized carbons (Fsp3) is 0.450. The molecule has 1 fully saturated rings. The molecule has 2 aromatic rings. The van der Waals surface area contributed by atoms with Gasteiger partial charge in [-0.2, -0.15) is 15.6 Å². The number of aryl methyl sites for hydroxylation is 1. The maximum absolute atomic E-state index is 9.76. The number of nitriles is 2. The minimum absolute atomic E-state index is 0.275. The molecule has 0 unspecified atom stereocenters. The SMILES string of the molecule is N#Cc1c(N)n[nH]c1CCCNC1CCC(C#N)(c2ccccc2)CC1. The number of nitrogens with one attached hydrogen (secondary N) is 2. The quantitative estimate of drug-likeness (QED) is 0.694. The molecule has 0 radical (unpaired) electrons. The molecule has 6 nitrogen and oxygen atoms in total. The van der Waals surface area contributed by atoms with E-state index < -0.39 is 0 Å². The van der Waals surface area contributed by atoms with Crippen LogP contribution >= 0.6 is 0 Å². The van der Waals surface area contributed by atoms with E-state index in [4.69, 9.17) is 11.0 Å². The summed E-state index contributed by atoms with van der Waals surface area (Å²) in [6.07, 6.45) is 5.45. The van der Waals surface area contributed by atoms with E-state index >= 15 is 0 Å². The molecule has 0 bridgehead atoms. The molecule has 1 aromatic heterocycles. The van der Waals surface area contributed by atoms with Gasteiger partial charge in [-0.05, 0) is 50.6 Å². The number of nitrogen functional groups attached to an aromatic ring is 1. The zero-order chi connectivity index (χ0) is 18.4. The Hall–Kier alpha value is -2.83. The van der Waals surface area contributed by atoms with Crippen molar-refractivity contribution in [1.29, 1.82) is 10.5 Å². The number of nitrogens with zero attached hydrogens (tertiary/aromatic N) is 3. The third-order valence-corrected chi connectivity index (χ3v) is 5.40. The third-order valence-electron chi connectivity index (χ3n) is 5.40. The maximum atomic E-state index is 9.76. The van der Waals surface area contributed by atoms with Crippen molar-refractivity contribution in [2.75, 3.05) is 12.3 Å². The average Bonchev–Trinajstić information content (AvgIpc) is 3.06. The molecule has 0 amide bonds. The van der Waals surface area contributed by atoms with Gasteiger partial charge in [0.2, 0.25) is 0 Å². The minimum atomic E-state index is -0.339. The molecular weight excluding hydrogens is 324 g/mol. The van der Waals surface area contributed by atoms with Crippen molar-refractivity contribution in [2.24, 2.45) is 0 Å². The summed E-state index contributed by atoms with van der Waals surface area (Å²) in [4.78, 5) is 0. The molecule has 1 aliphatic carbocycles. The number of aromatic amines is 1. The van der Waals surface area contributed by atoms with E-state index in [1.165, 1.54) is 0 Å². The highest BCUT2D eigenvalue weighted by molar-refractivity contribution is 5.50. The molecule has 0 saturated heterocycles. The smallest absolute Gasteiger partial charge is 0.163 e. The normalized spacial score (nSPS) is 22.5. The van der Waals surface area contributed by atoms with E-state index in [-0.39, 0.29) is 11.2 Å². The summed E-state index contributed by atoms with van der Waals surface area (Å²) in [5, 5.41) is 29.2. The Kier molecular flexibility index (Phi) is 5.55. The van der Waals surface area contributed by atoms with E-state index in [1.807, 2.05) is 18.2 Å². The number of nitrogens with two attached hydrogens (primary N) is 1. The molecule has 3 rings (SSSR count). The summed E-state index contributed by atoms with van der Waals surface area (Å²) in [6.45, 7) is 0.874. The van der Waals surface area contributed by atoms with E-state index in [0.29, 0.717) is 11.6 Å². The fourth-order valence-electron chi connectivity index (χ4n) is 3.81. The van der Waals surface area contributed by atoms with Gasteiger partial charge in [-0.3, -0.25) is 5.10 Å². The zero-order valence-electron chi connectivity index (χ0n) is 14.8. The number of anilines is 1. The highest BCUT2D eigenvalue weighted by Gasteiger charge is 2.36. The second-order valence-electron chi connectivity index (χ2n) is 6.97. The molecule has 26 heavy (non-hydrogen) atoms. The van der Waals surface area contributed by atoms with Gasteiger partial charge in [0.1, 0.15) is 11.6 Å². The van der Waals surface area contributed by atoms with Crippen LogP contribution in [0, 0.1) is 22.7 Å². The maximum Gasteiger partial charge on any atom is 0.163 e. The molecule has 0 aliphatic heterocycles. The topological polar surface area (TPSA) is 114 Å². The lowest BCUT2D eigenvalue weighted by atomic mass is 9.69. The summed E-state index contributed by atoms with van der Waals surface area (Å²) < 4.78 is 0. The van der Waals surface area contributed by atoms with E-state index in [0.717, 1.165) is 56.3 Å². The number of benzene rings is 1. The van der Waals surface area contributed by atoms with Crippen molar-refractivity contribution in [2.45, 2.75) is 50.0 Å². The van der Waals surface area contributed by atoms with Crippen LogP contribution in [0.2, 0.25) is 0 Å². The number of H-pyrrole nitrogens is 1. The lowest BCUT2D eigenvalue weighted by Crippen LogP contribution is -2.39. The summed E-state index contributed by atoms with van der Waals surface area (Å²) in [5.74, 6) is 0.275. The Labute approximate surface area is 154 Å². The van der Waals surface area contributed by atoms with Crippen LogP contribution < -0.4 is 11.1 Å². The van der Waals surface area contributed by atoms with Crippen LogP contribution in [0.1, 0.15) is 48.9 Å². The van der Waals surface area contributed by atoms with Crippen molar-refractivity contribution < 1.29 is 0 Å². The number of hydrogen-bond donors (Lipinski definition) is 3. The molecule has 0 spiro atoms. The summed E-state index contributed by atoms with van der Waals surface area (Å²) in [7, 11) is 0. The van der Waals surface area contributed by atoms with Gasteiger partial charge in [0.25, 0.3) is 0 Å². The first-order valence-corrected chi connectivity index (χ1v) is 9.11. The van der Waals surface area contributed by atoms with Crippen LogP contribution in [-0.2, 0) is 11.8 Å². The van der Waals surface area contributed by atoms with E-state index in [2.05, 4.69) is 39.8 Å². The highest BCUT2D eigenvalue weighted by atomic mass is 15.2. The van der Waals surface area contributed by atoms with Gasteiger partial charge in [0, 0.05) is 6.04 Å². The van der Waals surface area contributed by atoms with Gasteiger partial charge < -0.3 is 11.1 Å². The molecule has 0 atom stereocenters. The fourth-order valence-corrected chi connectivity index (χ4v) is 3.81. The number of hydrogen-bond acceptors (Lipinski definition) is 5. The lowest BCUT2D eigenvalue weighted by Gasteiger charge is -2.35. The largest absolute Gasteiger partial charge is 0.381 e. The van der Waals surface area contributed by atoms with Crippen molar-refractivity contribution in [3.63, 3.8) is 0 Å². The van der Waals surface area contributed by atoms with Crippen molar-refractivity contribution in [3.05, 3.63) is 47.2 Å². The van der Waals surface area contributed by atoms with Gasteiger partial charge in [-0.1, -0.05) is 30.3 Å². The molecule has 1 heterocycles. The first-order chi connectivity index (χ1) is 12.7. The Morgan fingerprint density at radius 1 is 1.23 bits per heavy atom. The second kappa shape index (κ2) is 8.03. The molecular formula is C20H24N6. The monoisotopic (exact) mass is 348 g/mol.